The van der Waals surface area contributed by atoms with Gasteiger partial charge in [0.15, 0.2) is 5.13 Å². The summed E-state index contributed by atoms with van der Waals surface area (Å²) < 4.78 is 1.12. The molecule has 2 heterocycles. The van der Waals surface area contributed by atoms with Crippen molar-refractivity contribution in [2.75, 3.05) is 23.7 Å². The highest BCUT2D eigenvalue weighted by Crippen LogP contribution is 2.32. The number of anilines is 2. The van der Waals surface area contributed by atoms with Gasteiger partial charge in [0.05, 0.1) is 10.2 Å². The third-order valence-electron chi connectivity index (χ3n) is 3.78. The molecule has 1 saturated heterocycles. The van der Waals surface area contributed by atoms with Gasteiger partial charge in [0.1, 0.15) is 0 Å². The fraction of sp³-hybridized carbons (Fsp3) is 0.429. The fourth-order valence-corrected chi connectivity index (χ4v) is 3.74. The minimum atomic E-state index is -0.195. The van der Waals surface area contributed by atoms with Gasteiger partial charge in [-0.15, -0.1) is 0 Å². The summed E-state index contributed by atoms with van der Waals surface area (Å²) in [6.07, 6.45) is 2.51. The van der Waals surface area contributed by atoms with E-state index in [1.807, 2.05) is 18.2 Å². The Labute approximate surface area is 121 Å². The monoisotopic (exact) mass is 290 g/mol. The molecule has 1 amide bonds. The average Bonchev–Trinajstić information content (AvgIpc) is 2.81. The number of benzene rings is 1. The van der Waals surface area contributed by atoms with Gasteiger partial charge in [-0.1, -0.05) is 11.3 Å². The van der Waals surface area contributed by atoms with Crippen LogP contribution < -0.4 is 16.4 Å². The number of fused-ring (bicyclic) bond motifs is 1. The number of nitrogens with two attached hydrogens (primary N) is 2. The molecule has 0 aliphatic carbocycles. The van der Waals surface area contributed by atoms with E-state index in [0.29, 0.717) is 12.3 Å². The van der Waals surface area contributed by atoms with E-state index in [9.17, 15) is 4.79 Å². The molecule has 2 aromatic rings. The molecule has 1 fully saturated rings. The number of nitrogens with zero attached hydrogens (tertiary/aromatic N) is 2. The maximum atomic E-state index is 11.0. The molecule has 5 nitrogen and oxygen atoms in total. The molecule has 0 unspecified atom stereocenters. The van der Waals surface area contributed by atoms with Crippen molar-refractivity contribution in [3.8, 4) is 0 Å². The Balaban J connectivity index is 1.71. The smallest absolute Gasteiger partial charge is 0.217 e. The second-order valence-corrected chi connectivity index (χ2v) is 6.33. The molecule has 0 bridgehead atoms. The van der Waals surface area contributed by atoms with Gasteiger partial charge in [0.25, 0.3) is 0 Å². The Morgan fingerprint density at radius 1 is 1.40 bits per heavy atom. The minimum Gasteiger partial charge on any atom is -0.399 e. The maximum absolute atomic E-state index is 11.0. The molecular weight excluding hydrogens is 272 g/mol. The lowest BCUT2D eigenvalue weighted by atomic mass is 9.94. The van der Waals surface area contributed by atoms with Crippen LogP contribution in [0.3, 0.4) is 0 Å². The molecule has 1 aliphatic heterocycles. The van der Waals surface area contributed by atoms with E-state index in [1.54, 1.807) is 11.3 Å². The van der Waals surface area contributed by atoms with Crippen LogP contribution in [0.15, 0.2) is 18.2 Å². The lowest BCUT2D eigenvalue weighted by Crippen LogP contribution is -2.34. The van der Waals surface area contributed by atoms with Crippen LogP contribution in [0.5, 0.6) is 0 Å². The number of primary amides is 1. The Bertz CT molecular complexity index is 631. The van der Waals surface area contributed by atoms with Gasteiger partial charge in [0.2, 0.25) is 5.91 Å². The van der Waals surface area contributed by atoms with Crippen molar-refractivity contribution in [2.24, 2.45) is 11.7 Å². The summed E-state index contributed by atoms with van der Waals surface area (Å²) >= 11 is 1.68. The first-order chi connectivity index (χ1) is 9.61. The van der Waals surface area contributed by atoms with E-state index in [2.05, 4.69) is 9.88 Å². The molecule has 0 saturated carbocycles. The summed E-state index contributed by atoms with van der Waals surface area (Å²) in [6.45, 7) is 1.88. The lowest BCUT2D eigenvalue weighted by Gasteiger charge is -2.31. The first kappa shape index (κ1) is 13.2. The van der Waals surface area contributed by atoms with Gasteiger partial charge in [0, 0.05) is 25.2 Å². The number of piperidine rings is 1. The lowest BCUT2D eigenvalue weighted by molar-refractivity contribution is -0.119. The zero-order valence-electron chi connectivity index (χ0n) is 11.2. The summed E-state index contributed by atoms with van der Waals surface area (Å²) in [5, 5.41) is 1.04. The molecule has 1 aromatic carbocycles. The zero-order valence-corrected chi connectivity index (χ0v) is 12.0. The largest absolute Gasteiger partial charge is 0.399 e. The van der Waals surface area contributed by atoms with Crippen LogP contribution in [0, 0.1) is 5.92 Å². The van der Waals surface area contributed by atoms with Crippen LogP contribution in [0.25, 0.3) is 10.2 Å². The Morgan fingerprint density at radius 2 is 2.15 bits per heavy atom. The van der Waals surface area contributed by atoms with Crippen LogP contribution in [0.1, 0.15) is 19.3 Å². The van der Waals surface area contributed by atoms with Crippen molar-refractivity contribution in [3.05, 3.63) is 18.2 Å². The third kappa shape index (κ3) is 2.70. The number of aromatic nitrogens is 1. The van der Waals surface area contributed by atoms with Crippen LogP contribution in [-0.4, -0.2) is 24.0 Å². The standard InChI is InChI=1S/C14H18N4OS/c15-10-1-2-11-12(8-10)20-14(17-11)18-5-3-9(4-6-18)7-13(16)19/h1-2,8-9H,3-7,15H2,(H2,16,19). The van der Waals surface area contributed by atoms with Crippen LogP contribution in [-0.2, 0) is 4.79 Å². The van der Waals surface area contributed by atoms with Gasteiger partial charge >= 0.3 is 0 Å². The van der Waals surface area contributed by atoms with E-state index in [-0.39, 0.29) is 5.91 Å². The van der Waals surface area contributed by atoms with Gasteiger partial charge in [-0.3, -0.25) is 4.79 Å². The first-order valence-electron chi connectivity index (χ1n) is 6.81. The fourth-order valence-electron chi connectivity index (χ4n) is 2.68. The molecular formula is C14H18N4OS. The molecule has 0 atom stereocenters. The van der Waals surface area contributed by atoms with Crippen molar-refractivity contribution >= 4 is 38.3 Å². The second-order valence-electron chi connectivity index (χ2n) is 5.32. The van der Waals surface area contributed by atoms with Gasteiger partial charge in [-0.05, 0) is 37.0 Å². The number of thiazole rings is 1. The molecule has 0 radical (unpaired) electrons. The normalized spacial score (nSPS) is 16.7. The van der Waals surface area contributed by atoms with Crippen LogP contribution in [0.4, 0.5) is 10.8 Å². The molecule has 1 aromatic heterocycles. The van der Waals surface area contributed by atoms with E-state index in [4.69, 9.17) is 11.5 Å². The highest BCUT2D eigenvalue weighted by Gasteiger charge is 2.22. The number of nitrogen functional groups attached to an aromatic ring is 1. The quantitative estimate of drug-likeness (QED) is 0.846. The topological polar surface area (TPSA) is 85.2 Å². The van der Waals surface area contributed by atoms with E-state index < -0.39 is 0 Å². The third-order valence-corrected chi connectivity index (χ3v) is 4.86. The number of carbonyl (C=O) groups is 1. The van der Waals surface area contributed by atoms with Crippen molar-refractivity contribution in [3.63, 3.8) is 0 Å². The molecule has 3 rings (SSSR count). The Kier molecular flexibility index (Phi) is 3.48. The van der Waals surface area contributed by atoms with Gasteiger partial charge in [-0.2, -0.15) is 0 Å². The van der Waals surface area contributed by atoms with Crippen molar-refractivity contribution in [2.45, 2.75) is 19.3 Å². The Hall–Kier alpha value is -1.82. The SMILES string of the molecule is NC(=O)CC1CCN(c2nc3ccc(N)cc3s2)CC1. The van der Waals surface area contributed by atoms with Crippen LogP contribution in [0.2, 0.25) is 0 Å². The van der Waals surface area contributed by atoms with E-state index in [0.717, 1.165) is 47.0 Å². The summed E-state index contributed by atoms with van der Waals surface area (Å²) in [5.74, 6) is 0.229. The first-order valence-corrected chi connectivity index (χ1v) is 7.63. The predicted molar refractivity (Wildman–Crippen MR) is 82.8 cm³/mol. The molecule has 106 valence electrons. The second kappa shape index (κ2) is 5.28. The highest BCUT2D eigenvalue weighted by molar-refractivity contribution is 7.22. The maximum Gasteiger partial charge on any atom is 0.217 e. The molecule has 4 N–H and O–H groups in total. The van der Waals surface area contributed by atoms with E-state index in [1.165, 1.54) is 0 Å². The van der Waals surface area contributed by atoms with Crippen molar-refractivity contribution in [1.29, 1.82) is 0 Å². The summed E-state index contributed by atoms with van der Waals surface area (Å²) in [5.41, 5.74) is 12.8. The van der Waals surface area contributed by atoms with Crippen LogP contribution >= 0.6 is 11.3 Å². The van der Waals surface area contributed by atoms with E-state index >= 15 is 0 Å². The summed E-state index contributed by atoms with van der Waals surface area (Å²) in [4.78, 5) is 17.9. The van der Waals surface area contributed by atoms with Crippen molar-refractivity contribution < 1.29 is 4.79 Å². The number of hydrogen-bond acceptors (Lipinski definition) is 5. The van der Waals surface area contributed by atoms with Gasteiger partial charge in [-0.25, -0.2) is 4.98 Å². The zero-order chi connectivity index (χ0) is 14.1. The summed E-state index contributed by atoms with van der Waals surface area (Å²) in [6, 6.07) is 5.81. The van der Waals surface area contributed by atoms with Gasteiger partial charge < -0.3 is 16.4 Å². The Morgan fingerprint density at radius 3 is 2.85 bits per heavy atom. The van der Waals surface area contributed by atoms with Crippen molar-refractivity contribution in [1.82, 2.24) is 4.98 Å². The number of hydrogen-bond donors (Lipinski definition) is 2. The summed E-state index contributed by atoms with van der Waals surface area (Å²) in [7, 11) is 0. The molecule has 0 spiro atoms. The number of amides is 1. The number of rotatable bonds is 3. The molecule has 6 heteroatoms. The molecule has 1 aliphatic rings. The number of carbonyl (C=O) groups excluding carboxylic acids is 1. The minimum absolute atomic E-state index is 0.195. The predicted octanol–water partition coefficient (Wildman–Crippen LogP) is 1.97. The highest BCUT2D eigenvalue weighted by atomic mass is 32.1. The molecule has 20 heavy (non-hydrogen) atoms. The average molecular weight is 290 g/mol.